The second kappa shape index (κ2) is 7.92. The van der Waals surface area contributed by atoms with E-state index in [1.165, 1.54) is 29.8 Å². The molecule has 0 spiro atoms. The Labute approximate surface area is 120 Å². The van der Waals surface area contributed by atoms with Crippen molar-refractivity contribution < 1.29 is 4.74 Å². The summed E-state index contributed by atoms with van der Waals surface area (Å²) < 4.78 is 9.62. The summed E-state index contributed by atoms with van der Waals surface area (Å²) in [5, 5.41) is 7.93. The highest BCUT2D eigenvalue weighted by molar-refractivity contribution is 7.05. The van der Waals surface area contributed by atoms with Crippen LogP contribution in [0, 0.1) is 5.92 Å². The lowest BCUT2D eigenvalue weighted by Crippen LogP contribution is -2.26. The van der Waals surface area contributed by atoms with Gasteiger partial charge in [0, 0.05) is 19.3 Å². The normalized spacial score (nSPS) is 18.6. The molecule has 0 aliphatic carbocycles. The van der Waals surface area contributed by atoms with Crippen LogP contribution in [0.2, 0.25) is 0 Å². The molecular formula is C14H25N3OS. The quantitative estimate of drug-likeness (QED) is 0.836. The first kappa shape index (κ1) is 14.9. The Balaban J connectivity index is 2.02. The van der Waals surface area contributed by atoms with Gasteiger partial charge < -0.3 is 10.1 Å². The van der Waals surface area contributed by atoms with Crippen LogP contribution in [0.25, 0.3) is 0 Å². The van der Waals surface area contributed by atoms with Gasteiger partial charge in [-0.15, -0.1) is 5.10 Å². The summed E-state index contributed by atoms with van der Waals surface area (Å²) in [6.07, 6.45) is 5.75. The molecule has 0 aromatic carbocycles. The Kier molecular flexibility index (Phi) is 6.20. The minimum absolute atomic E-state index is 0.426. The van der Waals surface area contributed by atoms with E-state index in [4.69, 9.17) is 4.74 Å². The van der Waals surface area contributed by atoms with Crippen molar-refractivity contribution in [2.24, 2.45) is 5.92 Å². The third-order valence-corrected chi connectivity index (χ3v) is 4.63. The second-order valence-electron chi connectivity index (χ2n) is 5.24. The Morgan fingerprint density at radius 2 is 2.16 bits per heavy atom. The van der Waals surface area contributed by atoms with Crippen molar-refractivity contribution >= 4 is 11.5 Å². The van der Waals surface area contributed by atoms with E-state index in [1.807, 2.05) is 0 Å². The third-order valence-electron chi connectivity index (χ3n) is 3.75. The number of nitrogens with one attached hydrogen (secondary N) is 1. The van der Waals surface area contributed by atoms with Gasteiger partial charge in [-0.05, 0) is 49.7 Å². The molecule has 1 aromatic rings. The first-order valence-electron chi connectivity index (χ1n) is 7.47. The number of hydrogen-bond acceptors (Lipinski definition) is 5. The maximum absolute atomic E-state index is 5.45. The molecule has 1 unspecified atom stereocenters. The molecule has 0 amide bonds. The molecule has 2 heterocycles. The van der Waals surface area contributed by atoms with Crippen LogP contribution < -0.4 is 5.32 Å². The fraction of sp³-hybridized carbons (Fsp3) is 0.857. The number of hydrogen-bond donors (Lipinski definition) is 1. The number of aromatic nitrogens is 2. The molecule has 1 N–H and O–H groups in total. The van der Waals surface area contributed by atoms with E-state index in [0.29, 0.717) is 6.04 Å². The topological polar surface area (TPSA) is 47.0 Å². The maximum Gasteiger partial charge on any atom is 0.0803 e. The van der Waals surface area contributed by atoms with Gasteiger partial charge in [-0.3, -0.25) is 0 Å². The number of nitrogens with zero attached hydrogens (tertiary/aromatic N) is 2. The van der Waals surface area contributed by atoms with Crippen molar-refractivity contribution in [1.82, 2.24) is 14.9 Å². The lowest BCUT2D eigenvalue weighted by atomic mass is 9.91. The minimum atomic E-state index is 0.426. The van der Waals surface area contributed by atoms with E-state index in [-0.39, 0.29) is 0 Å². The molecule has 1 aliphatic rings. The first-order chi connectivity index (χ1) is 9.35. The Bertz CT molecular complexity index is 363. The highest BCUT2D eigenvalue weighted by Gasteiger charge is 2.23. The summed E-state index contributed by atoms with van der Waals surface area (Å²) in [6, 6.07) is 0.426. The van der Waals surface area contributed by atoms with Crippen molar-refractivity contribution in [3.05, 3.63) is 10.6 Å². The van der Waals surface area contributed by atoms with Crippen LogP contribution in [-0.2, 0) is 11.2 Å². The third kappa shape index (κ3) is 4.23. The molecule has 0 saturated carbocycles. The predicted octanol–water partition coefficient (Wildman–Crippen LogP) is 2.96. The highest BCUT2D eigenvalue weighted by Crippen LogP contribution is 2.31. The van der Waals surface area contributed by atoms with Crippen LogP contribution in [0.1, 0.15) is 56.1 Å². The van der Waals surface area contributed by atoms with Gasteiger partial charge in [0.05, 0.1) is 10.6 Å². The van der Waals surface area contributed by atoms with Crippen molar-refractivity contribution in [3.63, 3.8) is 0 Å². The van der Waals surface area contributed by atoms with E-state index in [1.54, 1.807) is 11.5 Å². The molecule has 108 valence electrons. The van der Waals surface area contributed by atoms with Gasteiger partial charge in [0.2, 0.25) is 0 Å². The largest absolute Gasteiger partial charge is 0.381 e. The van der Waals surface area contributed by atoms with Crippen LogP contribution >= 0.6 is 11.5 Å². The Morgan fingerprint density at radius 1 is 1.37 bits per heavy atom. The molecule has 1 atom stereocenters. The lowest BCUT2D eigenvalue weighted by molar-refractivity contribution is 0.0606. The van der Waals surface area contributed by atoms with Crippen molar-refractivity contribution in [3.8, 4) is 0 Å². The smallest absolute Gasteiger partial charge is 0.0803 e. The van der Waals surface area contributed by atoms with Gasteiger partial charge in [0.15, 0.2) is 0 Å². The van der Waals surface area contributed by atoms with E-state index >= 15 is 0 Å². The summed E-state index contributed by atoms with van der Waals surface area (Å²) in [5.41, 5.74) is 1.20. The molecule has 1 fully saturated rings. The molecular weight excluding hydrogens is 258 g/mol. The number of aryl methyl sites for hydroxylation is 1. The Hall–Kier alpha value is -0.520. The number of ether oxygens (including phenoxy) is 1. The van der Waals surface area contributed by atoms with E-state index in [9.17, 15) is 0 Å². The zero-order valence-corrected chi connectivity index (χ0v) is 12.8. The summed E-state index contributed by atoms with van der Waals surface area (Å²) in [5.74, 6) is 0.773. The van der Waals surface area contributed by atoms with E-state index < -0.39 is 0 Å². The fourth-order valence-electron chi connectivity index (χ4n) is 2.74. The fourth-order valence-corrected chi connectivity index (χ4v) is 3.52. The van der Waals surface area contributed by atoms with Gasteiger partial charge >= 0.3 is 0 Å². The van der Waals surface area contributed by atoms with Gasteiger partial charge in [0.25, 0.3) is 0 Å². The van der Waals surface area contributed by atoms with Gasteiger partial charge in [-0.2, -0.15) is 0 Å². The molecule has 0 radical (unpaired) electrons. The molecule has 1 aliphatic heterocycles. The molecule has 0 bridgehead atoms. The van der Waals surface area contributed by atoms with Crippen LogP contribution in [0.5, 0.6) is 0 Å². The standard InChI is InChI=1S/C14H25N3OS/c1-3-5-12-14(19-17-16-12)13(15-4-2)10-11-6-8-18-9-7-11/h11,13,15H,3-10H2,1-2H3. The van der Waals surface area contributed by atoms with Crippen molar-refractivity contribution in [2.75, 3.05) is 19.8 Å². The van der Waals surface area contributed by atoms with Crippen LogP contribution in [0.4, 0.5) is 0 Å². The highest BCUT2D eigenvalue weighted by atomic mass is 32.1. The average Bonchev–Trinajstić information content (AvgIpc) is 2.88. The minimum Gasteiger partial charge on any atom is -0.381 e. The molecule has 4 nitrogen and oxygen atoms in total. The number of rotatable bonds is 7. The van der Waals surface area contributed by atoms with Gasteiger partial charge in [0.1, 0.15) is 0 Å². The maximum atomic E-state index is 5.45. The Morgan fingerprint density at radius 3 is 2.84 bits per heavy atom. The molecule has 1 aromatic heterocycles. The van der Waals surface area contributed by atoms with Gasteiger partial charge in [-0.1, -0.05) is 24.8 Å². The summed E-state index contributed by atoms with van der Waals surface area (Å²) in [4.78, 5) is 1.36. The van der Waals surface area contributed by atoms with Crippen molar-refractivity contribution in [2.45, 2.75) is 52.0 Å². The van der Waals surface area contributed by atoms with Crippen LogP contribution in [-0.4, -0.2) is 29.3 Å². The summed E-state index contributed by atoms with van der Waals surface area (Å²) >= 11 is 1.57. The van der Waals surface area contributed by atoms with Crippen molar-refractivity contribution in [1.29, 1.82) is 0 Å². The monoisotopic (exact) mass is 283 g/mol. The molecule has 1 saturated heterocycles. The molecule has 5 heteroatoms. The van der Waals surface area contributed by atoms with E-state index in [0.717, 1.165) is 38.5 Å². The predicted molar refractivity (Wildman–Crippen MR) is 78.5 cm³/mol. The zero-order chi connectivity index (χ0) is 13.5. The lowest BCUT2D eigenvalue weighted by Gasteiger charge is -2.26. The molecule has 2 rings (SSSR count). The summed E-state index contributed by atoms with van der Waals surface area (Å²) in [6.45, 7) is 7.21. The SMILES string of the molecule is CCCc1nnsc1C(CC1CCOCC1)NCC. The first-order valence-corrected chi connectivity index (χ1v) is 8.24. The molecule has 19 heavy (non-hydrogen) atoms. The zero-order valence-electron chi connectivity index (χ0n) is 12.0. The second-order valence-corrected chi connectivity index (χ2v) is 6.02. The average molecular weight is 283 g/mol. The summed E-state index contributed by atoms with van der Waals surface area (Å²) in [7, 11) is 0. The van der Waals surface area contributed by atoms with Crippen LogP contribution in [0.3, 0.4) is 0 Å². The van der Waals surface area contributed by atoms with Crippen LogP contribution in [0.15, 0.2) is 0 Å². The van der Waals surface area contributed by atoms with Gasteiger partial charge in [-0.25, -0.2) is 0 Å². The van der Waals surface area contributed by atoms with E-state index in [2.05, 4.69) is 28.8 Å².